The summed E-state index contributed by atoms with van der Waals surface area (Å²) < 4.78 is 0. The summed E-state index contributed by atoms with van der Waals surface area (Å²) in [6.45, 7) is 5.27. The van der Waals surface area contributed by atoms with Crippen molar-refractivity contribution in [3.05, 3.63) is 45.3 Å². The first-order valence-corrected chi connectivity index (χ1v) is 7.49. The standard InChI is InChI=1S/C15H18N2OS/c1-10-12(9-18)3-4-15(16-10)17-7-5-14-13(11(17)2)6-8-19-14/h3-4,6,8,11,18H,5,7,9H2,1-2H3. The van der Waals surface area contributed by atoms with Gasteiger partial charge in [0.1, 0.15) is 5.82 Å². The van der Waals surface area contributed by atoms with Gasteiger partial charge in [-0.25, -0.2) is 4.98 Å². The molecule has 1 unspecified atom stereocenters. The van der Waals surface area contributed by atoms with E-state index < -0.39 is 0 Å². The minimum Gasteiger partial charge on any atom is -0.392 e. The summed E-state index contributed by atoms with van der Waals surface area (Å²) in [5.41, 5.74) is 3.26. The van der Waals surface area contributed by atoms with Crippen molar-refractivity contribution in [1.29, 1.82) is 0 Å². The fourth-order valence-electron chi connectivity index (χ4n) is 2.73. The lowest BCUT2D eigenvalue weighted by atomic mass is 10.0. The van der Waals surface area contributed by atoms with Crippen molar-refractivity contribution in [3.8, 4) is 0 Å². The first kappa shape index (κ1) is 12.6. The van der Waals surface area contributed by atoms with Gasteiger partial charge in [-0.3, -0.25) is 0 Å². The summed E-state index contributed by atoms with van der Waals surface area (Å²) in [7, 11) is 0. The molecule has 0 saturated carbocycles. The summed E-state index contributed by atoms with van der Waals surface area (Å²) in [6, 6.07) is 6.60. The number of anilines is 1. The molecule has 0 amide bonds. The van der Waals surface area contributed by atoms with Crippen LogP contribution in [0.5, 0.6) is 0 Å². The third kappa shape index (κ3) is 2.15. The molecule has 1 atom stereocenters. The van der Waals surface area contributed by atoms with E-state index >= 15 is 0 Å². The van der Waals surface area contributed by atoms with E-state index in [4.69, 9.17) is 0 Å². The molecular weight excluding hydrogens is 256 g/mol. The van der Waals surface area contributed by atoms with Crippen LogP contribution >= 0.6 is 11.3 Å². The fraction of sp³-hybridized carbons (Fsp3) is 0.400. The zero-order chi connectivity index (χ0) is 13.4. The Balaban J connectivity index is 1.93. The number of aromatic nitrogens is 1. The lowest BCUT2D eigenvalue weighted by molar-refractivity contribution is 0.280. The minimum absolute atomic E-state index is 0.0589. The molecular formula is C15H18N2OS. The highest BCUT2D eigenvalue weighted by Crippen LogP contribution is 2.35. The van der Waals surface area contributed by atoms with Crippen LogP contribution in [-0.4, -0.2) is 16.6 Å². The largest absolute Gasteiger partial charge is 0.392 e. The van der Waals surface area contributed by atoms with E-state index in [0.29, 0.717) is 6.04 Å². The van der Waals surface area contributed by atoms with Crippen molar-refractivity contribution in [2.75, 3.05) is 11.4 Å². The Kier molecular flexibility index (Phi) is 3.29. The van der Waals surface area contributed by atoms with Crippen LogP contribution in [-0.2, 0) is 13.0 Å². The van der Waals surface area contributed by atoms with Gasteiger partial charge < -0.3 is 10.0 Å². The average molecular weight is 274 g/mol. The Hall–Kier alpha value is -1.39. The van der Waals surface area contributed by atoms with Gasteiger partial charge in [0.2, 0.25) is 0 Å². The molecule has 4 heteroatoms. The molecule has 0 spiro atoms. The number of aryl methyl sites for hydroxylation is 1. The molecule has 0 fully saturated rings. The number of nitrogens with zero attached hydrogens (tertiary/aromatic N) is 2. The number of aliphatic hydroxyl groups excluding tert-OH is 1. The maximum atomic E-state index is 9.22. The molecule has 0 aliphatic carbocycles. The monoisotopic (exact) mass is 274 g/mol. The zero-order valence-corrected chi connectivity index (χ0v) is 12.1. The van der Waals surface area contributed by atoms with E-state index in [-0.39, 0.29) is 6.61 Å². The number of fused-ring (bicyclic) bond motifs is 1. The number of pyridine rings is 1. The van der Waals surface area contributed by atoms with Gasteiger partial charge >= 0.3 is 0 Å². The molecule has 19 heavy (non-hydrogen) atoms. The van der Waals surface area contributed by atoms with Crippen LogP contribution in [0.3, 0.4) is 0 Å². The van der Waals surface area contributed by atoms with E-state index in [2.05, 4.69) is 28.3 Å². The average Bonchev–Trinajstić information content (AvgIpc) is 2.88. The maximum absolute atomic E-state index is 9.22. The SMILES string of the molecule is Cc1nc(N2CCc3sccc3C2C)ccc1CO. The van der Waals surface area contributed by atoms with Gasteiger partial charge in [-0.1, -0.05) is 6.07 Å². The van der Waals surface area contributed by atoms with E-state index in [1.165, 1.54) is 10.4 Å². The fourth-order valence-corrected chi connectivity index (χ4v) is 3.69. The van der Waals surface area contributed by atoms with Crippen molar-refractivity contribution >= 4 is 17.2 Å². The van der Waals surface area contributed by atoms with Crippen LogP contribution in [0.15, 0.2) is 23.6 Å². The first-order chi connectivity index (χ1) is 9.20. The van der Waals surface area contributed by atoms with Crippen molar-refractivity contribution in [2.24, 2.45) is 0 Å². The Bertz CT molecular complexity index is 594. The molecule has 3 nitrogen and oxygen atoms in total. The van der Waals surface area contributed by atoms with Crippen LogP contribution in [0.4, 0.5) is 5.82 Å². The van der Waals surface area contributed by atoms with Gasteiger partial charge in [0.25, 0.3) is 0 Å². The Morgan fingerprint density at radius 2 is 2.26 bits per heavy atom. The molecule has 1 N–H and O–H groups in total. The molecule has 100 valence electrons. The van der Waals surface area contributed by atoms with Gasteiger partial charge in [-0.05, 0) is 48.9 Å². The summed E-state index contributed by atoms with van der Waals surface area (Å²) in [6.07, 6.45) is 1.10. The van der Waals surface area contributed by atoms with Crippen LogP contribution in [0.1, 0.15) is 34.7 Å². The molecule has 1 aliphatic rings. The molecule has 0 saturated heterocycles. The first-order valence-electron chi connectivity index (χ1n) is 6.61. The lowest BCUT2D eigenvalue weighted by Crippen LogP contribution is -2.33. The lowest BCUT2D eigenvalue weighted by Gasteiger charge is -2.34. The molecule has 0 aromatic carbocycles. The van der Waals surface area contributed by atoms with E-state index in [0.717, 1.165) is 30.0 Å². The Morgan fingerprint density at radius 1 is 1.42 bits per heavy atom. The predicted molar refractivity (Wildman–Crippen MR) is 78.7 cm³/mol. The highest BCUT2D eigenvalue weighted by atomic mass is 32.1. The van der Waals surface area contributed by atoms with Crippen molar-refractivity contribution in [2.45, 2.75) is 32.9 Å². The second kappa shape index (κ2) is 4.94. The van der Waals surface area contributed by atoms with Crippen molar-refractivity contribution in [3.63, 3.8) is 0 Å². The van der Waals surface area contributed by atoms with Crippen molar-refractivity contribution in [1.82, 2.24) is 4.98 Å². The number of hydrogen-bond acceptors (Lipinski definition) is 4. The predicted octanol–water partition coefficient (Wildman–Crippen LogP) is 3.07. The smallest absolute Gasteiger partial charge is 0.129 e. The molecule has 2 aromatic rings. The molecule has 3 rings (SSSR count). The molecule has 1 aliphatic heterocycles. The van der Waals surface area contributed by atoms with Gasteiger partial charge in [-0.2, -0.15) is 0 Å². The Morgan fingerprint density at radius 3 is 3.00 bits per heavy atom. The number of aliphatic hydroxyl groups is 1. The number of hydrogen-bond donors (Lipinski definition) is 1. The van der Waals surface area contributed by atoms with Gasteiger partial charge in [0.05, 0.1) is 12.6 Å². The van der Waals surface area contributed by atoms with Gasteiger partial charge in [-0.15, -0.1) is 11.3 Å². The second-order valence-corrected chi connectivity index (χ2v) is 5.99. The third-order valence-electron chi connectivity index (χ3n) is 3.92. The normalized spacial score (nSPS) is 18.5. The molecule has 0 radical (unpaired) electrons. The molecule has 3 heterocycles. The zero-order valence-electron chi connectivity index (χ0n) is 11.3. The van der Waals surface area contributed by atoms with Crippen LogP contribution in [0.25, 0.3) is 0 Å². The second-order valence-electron chi connectivity index (χ2n) is 4.99. The maximum Gasteiger partial charge on any atom is 0.129 e. The highest BCUT2D eigenvalue weighted by molar-refractivity contribution is 7.10. The summed E-state index contributed by atoms with van der Waals surface area (Å²) in [5.74, 6) is 1.01. The summed E-state index contributed by atoms with van der Waals surface area (Å²) in [4.78, 5) is 8.50. The van der Waals surface area contributed by atoms with Crippen LogP contribution < -0.4 is 4.90 Å². The summed E-state index contributed by atoms with van der Waals surface area (Å²) in [5, 5.41) is 11.4. The van der Waals surface area contributed by atoms with E-state index in [9.17, 15) is 5.11 Å². The number of rotatable bonds is 2. The number of thiophene rings is 1. The summed E-state index contributed by atoms with van der Waals surface area (Å²) >= 11 is 1.86. The minimum atomic E-state index is 0.0589. The Labute approximate surface area is 117 Å². The van der Waals surface area contributed by atoms with Gasteiger partial charge in [0.15, 0.2) is 0 Å². The van der Waals surface area contributed by atoms with Crippen LogP contribution in [0, 0.1) is 6.92 Å². The highest BCUT2D eigenvalue weighted by Gasteiger charge is 2.25. The topological polar surface area (TPSA) is 36.4 Å². The van der Waals surface area contributed by atoms with Crippen molar-refractivity contribution < 1.29 is 5.11 Å². The van der Waals surface area contributed by atoms with Gasteiger partial charge in [0, 0.05) is 17.1 Å². The van der Waals surface area contributed by atoms with E-state index in [1.54, 1.807) is 0 Å². The quantitative estimate of drug-likeness (QED) is 0.914. The van der Waals surface area contributed by atoms with E-state index in [1.807, 2.05) is 30.4 Å². The van der Waals surface area contributed by atoms with Crippen LogP contribution in [0.2, 0.25) is 0 Å². The molecule has 0 bridgehead atoms. The molecule has 2 aromatic heterocycles. The third-order valence-corrected chi connectivity index (χ3v) is 4.92.